The van der Waals surface area contributed by atoms with Crippen molar-refractivity contribution in [2.45, 2.75) is 19.8 Å². The average Bonchev–Trinajstić information content (AvgIpc) is 2.31. The molecule has 0 aliphatic carbocycles. The van der Waals surface area contributed by atoms with Crippen LogP contribution in [0.1, 0.15) is 25.3 Å². The van der Waals surface area contributed by atoms with Gasteiger partial charge >= 0.3 is 5.97 Å². The van der Waals surface area contributed by atoms with Crippen LogP contribution in [0.25, 0.3) is 0 Å². The van der Waals surface area contributed by atoms with Crippen LogP contribution in [-0.4, -0.2) is 35.6 Å². The number of carboxylic acids is 1. The second-order valence-electron chi connectivity index (χ2n) is 3.79. The first-order chi connectivity index (χ1) is 7.69. The fraction of sp³-hybridized carbons (Fsp3) is 0.462. The number of carboxylic acid groups (broad SMARTS) is 1. The number of hydrogen-bond acceptors (Lipinski definition) is 2. The minimum Gasteiger partial charge on any atom is -0.481 e. The second-order valence-corrected chi connectivity index (χ2v) is 3.79. The molecular formula is C13H19NO2. The minimum atomic E-state index is -0.752. The highest BCUT2D eigenvalue weighted by Gasteiger charge is 2.21. The third kappa shape index (κ3) is 3.35. The van der Waals surface area contributed by atoms with E-state index in [1.165, 1.54) is 0 Å². The lowest BCUT2D eigenvalue weighted by atomic mass is 9.99. The van der Waals surface area contributed by atoms with Crippen LogP contribution in [0.15, 0.2) is 30.3 Å². The van der Waals surface area contributed by atoms with Crippen molar-refractivity contribution in [3.05, 3.63) is 35.9 Å². The molecule has 0 aliphatic rings. The molecule has 1 aromatic rings. The molecule has 0 spiro atoms. The number of hydrogen-bond donors (Lipinski definition) is 1. The van der Waals surface area contributed by atoms with E-state index >= 15 is 0 Å². The fourth-order valence-electron chi connectivity index (χ4n) is 1.75. The second kappa shape index (κ2) is 6.28. The molecule has 0 unspecified atom stereocenters. The highest BCUT2D eigenvalue weighted by Crippen LogP contribution is 2.17. The number of benzene rings is 1. The maximum atomic E-state index is 11.2. The predicted molar refractivity (Wildman–Crippen MR) is 64.6 cm³/mol. The number of likely N-dealkylation sites (N-methyl/N-ethyl adjacent to an activating group) is 1. The van der Waals surface area contributed by atoms with Gasteiger partial charge in [0.2, 0.25) is 0 Å². The molecule has 1 N–H and O–H groups in total. The molecule has 0 heterocycles. The van der Waals surface area contributed by atoms with Gasteiger partial charge < -0.3 is 10.0 Å². The Morgan fingerprint density at radius 2 is 1.81 bits per heavy atom. The monoisotopic (exact) mass is 221 g/mol. The third-order valence-corrected chi connectivity index (χ3v) is 2.84. The maximum absolute atomic E-state index is 11.2. The lowest BCUT2D eigenvalue weighted by molar-refractivity contribution is -0.139. The Bertz CT molecular complexity index is 320. The highest BCUT2D eigenvalue weighted by molar-refractivity contribution is 5.76. The van der Waals surface area contributed by atoms with Crippen molar-refractivity contribution in [1.29, 1.82) is 0 Å². The van der Waals surface area contributed by atoms with E-state index in [1.54, 1.807) is 0 Å². The Morgan fingerprint density at radius 1 is 1.25 bits per heavy atom. The van der Waals surface area contributed by atoms with Gasteiger partial charge in [0.05, 0.1) is 5.92 Å². The van der Waals surface area contributed by atoms with E-state index < -0.39 is 11.9 Å². The summed E-state index contributed by atoms with van der Waals surface area (Å²) < 4.78 is 0. The lowest BCUT2D eigenvalue weighted by Gasteiger charge is -2.22. The summed E-state index contributed by atoms with van der Waals surface area (Å²) in [6.45, 7) is 6.44. The standard InChI is InChI=1S/C13H19NO2/c1-3-14(4-2)10-12(13(15)16)11-8-6-5-7-9-11/h5-9,12H,3-4,10H2,1-2H3,(H,15,16)/t12-/m1/s1. The van der Waals surface area contributed by atoms with Crippen molar-refractivity contribution in [1.82, 2.24) is 4.90 Å². The Hall–Kier alpha value is -1.35. The van der Waals surface area contributed by atoms with Crippen LogP contribution in [0.5, 0.6) is 0 Å². The van der Waals surface area contributed by atoms with E-state index in [-0.39, 0.29) is 0 Å². The zero-order valence-corrected chi connectivity index (χ0v) is 9.89. The van der Waals surface area contributed by atoms with E-state index in [4.69, 9.17) is 0 Å². The minimum absolute atomic E-state index is 0.430. The molecule has 0 radical (unpaired) electrons. The average molecular weight is 221 g/mol. The van der Waals surface area contributed by atoms with Crippen LogP contribution >= 0.6 is 0 Å². The molecule has 3 heteroatoms. The van der Waals surface area contributed by atoms with Gasteiger partial charge in [-0.2, -0.15) is 0 Å². The van der Waals surface area contributed by atoms with Crippen LogP contribution in [0.4, 0.5) is 0 Å². The van der Waals surface area contributed by atoms with E-state index in [0.29, 0.717) is 6.54 Å². The molecule has 1 rings (SSSR count). The molecular weight excluding hydrogens is 202 g/mol. The smallest absolute Gasteiger partial charge is 0.312 e. The van der Waals surface area contributed by atoms with Gasteiger partial charge in [-0.25, -0.2) is 0 Å². The Balaban J connectivity index is 2.80. The summed E-state index contributed by atoms with van der Waals surface area (Å²) in [4.78, 5) is 13.4. The summed E-state index contributed by atoms with van der Waals surface area (Å²) in [5, 5.41) is 9.24. The molecule has 0 amide bonds. The van der Waals surface area contributed by atoms with Crippen LogP contribution in [0.3, 0.4) is 0 Å². The topological polar surface area (TPSA) is 40.5 Å². The molecule has 16 heavy (non-hydrogen) atoms. The number of nitrogens with zero attached hydrogens (tertiary/aromatic N) is 1. The summed E-state index contributed by atoms with van der Waals surface area (Å²) in [6, 6.07) is 9.42. The van der Waals surface area contributed by atoms with Crippen molar-refractivity contribution in [2.75, 3.05) is 19.6 Å². The molecule has 88 valence electrons. The van der Waals surface area contributed by atoms with Gasteiger partial charge in [-0.3, -0.25) is 4.79 Å². The summed E-state index contributed by atoms with van der Waals surface area (Å²) >= 11 is 0. The number of carbonyl (C=O) groups is 1. The number of rotatable bonds is 6. The van der Waals surface area contributed by atoms with Gasteiger partial charge in [0.25, 0.3) is 0 Å². The van der Waals surface area contributed by atoms with Crippen molar-refractivity contribution >= 4 is 5.97 Å². The Labute approximate surface area is 96.7 Å². The van der Waals surface area contributed by atoms with Crippen molar-refractivity contribution in [3.8, 4) is 0 Å². The van der Waals surface area contributed by atoms with Crippen molar-refractivity contribution in [3.63, 3.8) is 0 Å². The fourth-order valence-corrected chi connectivity index (χ4v) is 1.75. The first-order valence-electron chi connectivity index (χ1n) is 5.69. The van der Waals surface area contributed by atoms with Gasteiger partial charge in [0.1, 0.15) is 0 Å². The zero-order chi connectivity index (χ0) is 12.0. The first-order valence-corrected chi connectivity index (χ1v) is 5.69. The van der Waals surface area contributed by atoms with E-state index in [2.05, 4.69) is 4.90 Å². The maximum Gasteiger partial charge on any atom is 0.312 e. The molecule has 0 aliphatic heterocycles. The molecule has 0 bridgehead atoms. The summed E-state index contributed by atoms with van der Waals surface area (Å²) in [6.07, 6.45) is 0. The van der Waals surface area contributed by atoms with Gasteiger partial charge in [-0.15, -0.1) is 0 Å². The van der Waals surface area contributed by atoms with Gasteiger partial charge in [-0.05, 0) is 18.7 Å². The molecule has 1 aromatic carbocycles. The van der Waals surface area contributed by atoms with E-state index in [0.717, 1.165) is 18.7 Å². The first kappa shape index (κ1) is 12.7. The van der Waals surface area contributed by atoms with Crippen LogP contribution in [0, 0.1) is 0 Å². The summed E-state index contributed by atoms with van der Waals surface area (Å²) in [5.74, 6) is -1.18. The third-order valence-electron chi connectivity index (χ3n) is 2.84. The molecule has 3 nitrogen and oxygen atoms in total. The molecule has 0 aromatic heterocycles. The SMILES string of the molecule is CCN(CC)C[C@@H](C(=O)O)c1ccccc1. The van der Waals surface area contributed by atoms with Crippen LogP contribution in [0.2, 0.25) is 0 Å². The Morgan fingerprint density at radius 3 is 2.25 bits per heavy atom. The van der Waals surface area contributed by atoms with Crippen LogP contribution in [-0.2, 0) is 4.79 Å². The highest BCUT2D eigenvalue weighted by atomic mass is 16.4. The zero-order valence-electron chi connectivity index (χ0n) is 9.89. The molecule has 0 saturated carbocycles. The van der Waals surface area contributed by atoms with Crippen LogP contribution < -0.4 is 0 Å². The van der Waals surface area contributed by atoms with Crippen molar-refractivity contribution in [2.24, 2.45) is 0 Å². The van der Waals surface area contributed by atoms with Gasteiger partial charge in [-0.1, -0.05) is 44.2 Å². The van der Waals surface area contributed by atoms with E-state index in [9.17, 15) is 9.90 Å². The Kier molecular flexibility index (Phi) is 4.99. The normalized spacial score (nSPS) is 12.7. The molecule has 0 saturated heterocycles. The van der Waals surface area contributed by atoms with E-state index in [1.807, 2.05) is 44.2 Å². The largest absolute Gasteiger partial charge is 0.481 e. The summed E-state index contributed by atoms with van der Waals surface area (Å²) in [5.41, 5.74) is 0.877. The predicted octanol–water partition coefficient (Wildman–Crippen LogP) is 2.20. The molecule has 1 atom stereocenters. The lowest BCUT2D eigenvalue weighted by Crippen LogP contribution is -2.31. The van der Waals surface area contributed by atoms with Gasteiger partial charge in [0, 0.05) is 6.54 Å². The molecule has 0 fully saturated rings. The van der Waals surface area contributed by atoms with Gasteiger partial charge in [0.15, 0.2) is 0 Å². The summed E-state index contributed by atoms with van der Waals surface area (Å²) in [7, 11) is 0. The quantitative estimate of drug-likeness (QED) is 0.800. The van der Waals surface area contributed by atoms with Crippen molar-refractivity contribution < 1.29 is 9.90 Å². The number of aliphatic carboxylic acids is 1.